The van der Waals surface area contributed by atoms with E-state index in [1.165, 1.54) is 7.11 Å². The van der Waals surface area contributed by atoms with Crippen molar-refractivity contribution in [3.8, 4) is 0 Å². The number of ether oxygens (including phenoxy) is 1. The van der Waals surface area contributed by atoms with Crippen LogP contribution in [0.2, 0.25) is 0 Å². The van der Waals surface area contributed by atoms with Crippen LogP contribution in [0.25, 0.3) is 0 Å². The Balaban J connectivity index is 3.76. The fourth-order valence-corrected chi connectivity index (χ4v) is 0.880. The van der Waals surface area contributed by atoms with Gasteiger partial charge in [-0.25, -0.2) is 4.79 Å². The summed E-state index contributed by atoms with van der Waals surface area (Å²) in [7, 11) is 1.35. The molecule has 7 heteroatoms. The van der Waals surface area contributed by atoms with Gasteiger partial charge in [0.05, 0.1) is 0 Å². The Morgan fingerprint density at radius 3 is 2.53 bits per heavy atom. The quantitative estimate of drug-likeness (QED) is 0.390. The minimum atomic E-state index is -1.47. The third-order valence-corrected chi connectivity index (χ3v) is 1.79. The normalized spacial score (nSPS) is 14.3. The first-order valence-corrected chi connectivity index (χ1v) is 4.44. The maximum absolute atomic E-state index is 11.2. The van der Waals surface area contributed by atoms with Gasteiger partial charge in [-0.05, 0) is 0 Å². The second kappa shape index (κ2) is 7.16. The number of aliphatic hydroxyl groups excluding tert-OH is 1. The van der Waals surface area contributed by atoms with E-state index >= 15 is 0 Å². The number of aliphatic carboxylic acids is 1. The van der Waals surface area contributed by atoms with E-state index in [4.69, 9.17) is 20.7 Å². The van der Waals surface area contributed by atoms with Gasteiger partial charge in [-0.3, -0.25) is 4.79 Å². The molecule has 0 aromatic carbocycles. The van der Waals surface area contributed by atoms with E-state index in [1.54, 1.807) is 0 Å². The van der Waals surface area contributed by atoms with E-state index < -0.39 is 24.1 Å². The number of carbonyl (C=O) groups is 2. The summed E-state index contributed by atoms with van der Waals surface area (Å²) >= 11 is 0. The third kappa shape index (κ3) is 5.31. The van der Waals surface area contributed by atoms with Gasteiger partial charge >= 0.3 is 5.97 Å². The van der Waals surface area contributed by atoms with Crippen molar-refractivity contribution in [2.45, 2.75) is 18.6 Å². The predicted molar refractivity (Wildman–Crippen MR) is 51.1 cm³/mol. The van der Waals surface area contributed by atoms with Crippen molar-refractivity contribution in [1.29, 1.82) is 0 Å². The number of amides is 1. The lowest BCUT2D eigenvalue weighted by atomic mass is 10.2. The Morgan fingerprint density at radius 1 is 1.53 bits per heavy atom. The Kier molecular flexibility index (Phi) is 6.59. The first kappa shape index (κ1) is 13.8. The Morgan fingerprint density at radius 2 is 2.13 bits per heavy atom. The van der Waals surface area contributed by atoms with E-state index in [0.717, 1.165) is 0 Å². The highest BCUT2D eigenvalue weighted by atomic mass is 16.5. The zero-order valence-electron chi connectivity index (χ0n) is 8.47. The molecule has 0 aliphatic carbocycles. The van der Waals surface area contributed by atoms with E-state index in [-0.39, 0.29) is 19.5 Å². The van der Waals surface area contributed by atoms with Crippen LogP contribution in [0.5, 0.6) is 0 Å². The van der Waals surface area contributed by atoms with Crippen molar-refractivity contribution in [1.82, 2.24) is 5.32 Å². The summed E-state index contributed by atoms with van der Waals surface area (Å²) in [6.07, 6.45) is -2.27. The molecule has 0 saturated heterocycles. The molecule has 0 radical (unpaired) electrons. The zero-order chi connectivity index (χ0) is 11.8. The molecular formula is C8H16N2O5. The molecule has 7 nitrogen and oxygen atoms in total. The van der Waals surface area contributed by atoms with Crippen LogP contribution in [0.4, 0.5) is 0 Å². The van der Waals surface area contributed by atoms with E-state index in [9.17, 15) is 9.59 Å². The summed E-state index contributed by atoms with van der Waals surface area (Å²) in [5, 5.41) is 19.6. The van der Waals surface area contributed by atoms with Crippen LogP contribution >= 0.6 is 0 Å². The van der Waals surface area contributed by atoms with Crippen LogP contribution in [0, 0.1) is 0 Å². The third-order valence-electron chi connectivity index (χ3n) is 1.79. The first-order valence-electron chi connectivity index (χ1n) is 4.44. The smallest absolute Gasteiger partial charge is 0.332 e. The second-order valence-corrected chi connectivity index (χ2v) is 2.89. The van der Waals surface area contributed by atoms with Crippen molar-refractivity contribution < 1.29 is 24.5 Å². The number of nitrogens with two attached hydrogens (primary N) is 1. The molecule has 0 heterocycles. The van der Waals surface area contributed by atoms with Gasteiger partial charge in [0.2, 0.25) is 5.91 Å². The van der Waals surface area contributed by atoms with Gasteiger partial charge in [0.25, 0.3) is 0 Å². The van der Waals surface area contributed by atoms with Gasteiger partial charge in [-0.2, -0.15) is 0 Å². The molecule has 0 spiro atoms. The maximum atomic E-state index is 11.2. The monoisotopic (exact) mass is 220 g/mol. The molecule has 88 valence electrons. The molecule has 0 aromatic rings. The molecule has 0 aliphatic heterocycles. The predicted octanol–water partition coefficient (Wildman–Crippen LogP) is -2.09. The average Bonchev–Trinajstić information content (AvgIpc) is 2.19. The molecule has 0 saturated carbocycles. The lowest BCUT2D eigenvalue weighted by Crippen LogP contribution is -2.41. The van der Waals surface area contributed by atoms with Gasteiger partial charge in [-0.15, -0.1) is 0 Å². The van der Waals surface area contributed by atoms with Gasteiger partial charge in [0.1, 0.15) is 6.10 Å². The average molecular weight is 220 g/mol. The summed E-state index contributed by atoms with van der Waals surface area (Å²) in [6, 6.07) is 0. The first-order chi connectivity index (χ1) is 7.02. The van der Waals surface area contributed by atoms with Gasteiger partial charge in [0.15, 0.2) is 6.10 Å². The lowest BCUT2D eigenvalue weighted by Gasteiger charge is -2.13. The number of carbonyl (C=O) groups excluding carboxylic acids is 1. The molecule has 2 unspecified atom stereocenters. The largest absolute Gasteiger partial charge is 0.479 e. The molecule has 2 atom stereocenters. The summed E-state index contributed by atoms with van der Waals surface area (Å²) in [4.78, 5) is 21.4. The number of aliphatic hydroxyl groups is 1. The second-order valence-electron chi connectivity index (χ2n) is 2.89. The highest BCUT2D eigenvalue weighted by Crippen LogP contribution is 1.91. The standard InChI is InChI=1S/C8H16N2O5/c1-15-6(4-9)7(12)10-3-2-5(11)8(13)14/h5-6,11H,2-4,9H2,1H3,(H,10,12)(H,13,14). The lowest BCUT2D eigenvalue weighted by molar-refractivity contribution is -0.147. The Bertz CT molecular complexity index is 217. The highest BCUT2D eigenvalue weighted by Gasteiger charge is 2.17. The van der Waals surface area contributed by atoms with Crippen LogP contribution < -0.4 is 11.1 Å². The Hall–Kier alpha value is -1.18. The summed E-state index contributed by atoms with van der Waals surface area (Å²) in [6.45, 7) is 0.107. The number of nitrogens with one attached hydrogen (secondary N) is 1. The Labute approximate surface area is 87.2 Å². The van der Waals surface area contributed by atoms with E-state index in [1.807, 2.05) is 0 Å². The van der Waals surface area contributed by atoms with E-state index in [0.29, 0.717) is 0 Å². The van der Waals surface area contributed by atoms with Crippen molar-refractivity contribution >= 4 is 11.9 Å². The van der Waals surface area contributed by atoms with Crippen LogP contribution in [0.3, 0.4) is 0 Å². The number of carboxylic acids is 1. The van der Waals surface area contributed by atoms with Crippen molar-refractivity contribution in [3.63, 3.8) is 0 Å². The number of methoxy groups -OCH3 is 1. The highest BCUT2D eigenvalue weighted by molar-refractivity contribution is 5.81. The SMILES string of the molecule is COC(CN)C(=O)NCCC(O)C(=O)O. The molecule has 0 bridgehead atoms. The van der Waals surface area contributed by atoms with Crippen molar-refractivity contribution in [3.05, 3.63) is 0 Å². The molecule has 1 amide bonds. The van der Waals surface area contributed by atoms with Gasteiger partial charge < -0.3 is 26.0 Å². The van der Waals surface area contributed by atoms with Crippen LogP contribution in [-0.4, -0.2) is 54.5 Å². The summed E-state index contributed by atoms with van der Waals surface area (Å²) < 4.78 is 4.75. The molecule has 5 N–H and O–H groups in total. The number of hydrogen-bond donors (Lipinski definition) is 4. The zero-order valence-corrected chi connectivity index (χ0v) is 8.47. The van der Waals surface area contributed by atoms with Gasteiger partial charge in [0, 0.05) is 26.6 Å². The van der Waals surface area contributed by atoms with Crippen LogP contribution in [0.1, 0.15) is 6.42 Å². The summed E-state index contributed by atoms with van der Waals surface area (Å²) in [5.41, 5.74) is 5.23. The molecule has 0 aromatic heterocycles. The number of carboxylic acid groups (broad SMARTS) is 1. The molecule has 15 heavy (non-hydrogen) atoms. The summed E-state index contributed by atoms with van der Waals surface area (Å²) in [5.74, 6) is -1.73. The number of hydrogen-bond acceptors (Lipinski definition) is 5. The maximum Gasteiger partial charge on any atom is 0.332 e. The van der Waals surface area contributed by atoms with Crippen LogP contribution in [-0.2, 0) is 14.3 Å². The molecule has 0 aliphatic rings. The van der Waals surface area contributed by atoms with Gasteiger partial charge in [-0.1, -0.05) is 0 Å². The molecular weight excluding hydrogens is 204 g/mol. The van der Waals surface area contributed by atoms with Crippen molar-refractivity contribution in [2.75, 3.05) is 20.2 Å². The van der Waals surface area contributed by atoms with E-state index in [2.05, 4.69) is 5.32 Å². The molecule has 0 rings (SSSR count). The fourth-order valence-electron chi connectivity index (χ4n) is 0.880. The topological polar surface area (TPSA) is 122 Å². The fraction of sp³-hybridized carbons (Fsp3) is 0.750. The van der Waals surface area contributed by atoms with Crippen molar-refractivity contribution in [2.24, 2.45) is 5.73 Å². The number of rotatable bonds is 7. The van der Waals surface area contributed by atoms with Crippen LogP contribution in [0.15, 0.2) is 0 Å². The molecule has 0 fully saturated rings. The minimum Gasteiger partial charge on any atom is -0.479 e. The minimum absolute atomic E-state index is 0.0455.